The van der Waals surface area contributed by atoms with Crippen LogP contribution < -0.4 is 0 Å². The van der Waals surface area contributed by atoms with E-state index in [9.17, 15) is 0 Å². The summed E-state index contributed by atoms with van der Waals surface area (Å²) in [4.78, 5) is 17.9. The van der Waals surface area contributed by atoms with Gasteiger partial charge in [-0.2, -0.15) is 0 Å². The van der Waals surface area contributed by atoms with Crippen LogP contribution in [0.2, 0.25) is 0 Å². The summed E-state index contributed by atoms with van der Waals surface area (Å²) < 4.78 is 4.81. The van der Waals surface area contributed by atoms with Crippen LogP contribution in [0.4, 0.5) is 0 Å². The summed E-state index contributed by atoms with van der Waals surface area (Å²) in [5, 5.41) is 0. The van der Waals surface area contributed by atoms with E-state index in [-0.39, 0.29) is 0 Å². The first-order chi connectivity index (χ1) is 14.1. The van der Waals surface area contributed by atoms with Crippen LogP contribution in [0.1, 0.15) is 148 Å². The lowest BCUT2D eigenvalue weighted by Gasteiger charge is -2.07. The molecule has 0 aliphatic heterocycles. The minimum atomic E-state index is -3.43. The Kier molecular flexibility index (Phi) is 23.6. The van der Waals surface area contributed by atoms with Gasteiger partial charge >= 0.3 is 6.72 Å². The number of unbranched alkanes of at least 4 members (excludes halogenated alkanes) is 21. The fourth-order valence-corrected chi connectivity index (χ4v) is 4.48. The lowest BCUT2D eigenvalue weighted by atomic mass is 10.0. The zero-order valence-electron chi connectivity index (χ0n) is 19.4. The van der Waals surface area contributed by atoms with Crippen LogP contribution in [0, 0.1) is 0 Å². The highest BCUT2D eigenvalue weighted by Gasteiger charge is 2.06. The van der Waals surface area contributed by atoms with Crippen LogP contribution in [0.25, 0.3) is 0 Å². The zero-order chi connectivity index (χ0) is 21.5. The molecule has 0 aromatic carbocycles. The molecule has 29 heavy (non-hydrogen) atoms. The van der Waals surface area contributed by atoms with Crippen molar-refractivity contribution in [2.24, 2.45) is 0 Å². The first kappa shape index (κ1) is 29.5. The summed E-state index contributed by atoms with van der Waals surface area (Å²) in [5.74, 6) is 0. The minimum Gasteiger partial charge on any atom is -0.325 e. The molecule has 0 heterocycles. The van der Waals surface area contributed by atoms with Crippen LogP contribution in [0.15, 0.2) is 0 Å². The summed E-state index contributed by atoms with van der Waals surface area (Å²) >= 11 is 4.42. The first-order valence-corrected chi connectivity index (χ1v) is 15.4. The van der Waals surface area contributed by atoms with E-state index in [4.69, 9.17) is 14.3 Å². The average molecular weight is 451 g/mol. The number of rotatable bonds is 24. The van der Waals surface area contributed by atoms with Gasteiger partial charge in [0.05, 0.1) is 6.61 Å². The van der Waals surface area contributed by atoms with Gasteiger partial charge in [-0.05, 0) is 18.2 Å². The van der Waals surface area contributed by atoms with Crippen molar-refractivity contribution in [2.75, 3.05) is 6.61 Å². The molecule has 0 fully saturated rings. The fraction of sp³-hybridized carbons (Fsp3) is 1.00. The first-order valence-electron chi connectivity index (χ1n) is 12.8. The summed E-state index contributed by atoms with van der Waals surface area (Å²) in [6.07, 6.45) is 30.1. The van der Waals surface area contributed by atoms with Gasteiger partial charge in [0.15, 0.2) is 0 Å². The molecule has 0 aromatic rings. The molecule has 0 unspecified atom stereocenters. The Morgan fingerprint density at radius 1 is 0.483 bits per heavy atom. The molecule has 0 aliphatic carbocycles. The molecule has 0 atom stereocenters. The Morgan fingerprint density at radius 3 is 0.966 bits per heavy atom. The largest absolute Gasteiger partial charge is 0.325 e. The lowest BCUT2D eigenvalue weighted by Crippen LogP contribution is -1.92. The van der Waals surface area contributed by atoms with E-state index in [1.165, 1.54) is 128 Å². The van der Waals surface area contributed by atoms with Crippen LogP contribution in [-0.4, -0.2) is 16.4 Å². The van der Waals surface area contributed by atoms with E-state index in [2.05, 4.69) is 18.7 Å². The Balaban J connectivity index is 3.02. The summed E-state index contributed by atoms with van der Waals surface area (Å²) in [6, 6.07) is 0. The van der Waals surface area contributed by atoms with E-state index < -0.39 is 6.72 Å². The molecule has 0 saturated heterocycles. The molecule has 2 N–H and O–H groups in total. The molecule has 0 bridgehead atoms. The lowest BCUT2D eigenvalue weighted by molar-refractivity contribution is 0.245. The predicted octanol–water partition coefficient (Wildman–Crippen LogP) is 8.81. The van der Waals surface area contributed by atoms with Crippen molar-refractivity contribution in [3.8, 4) is 0 Å². The minimum absolute atomic E-state index is 0.378. The van der Waals surface area contributed by atoms with Crippen molar-refractivity contribution in [3.63, 3.8) is 0 Å². The van der Waals surface area contributed by atoms with Crippen LogP contribution in [0.3, 0.4) is 0 Å². The van der Waals surface area contributed by atoms with Crippen molar-refractivity contribution in [3.05, 3.63) is 0 Å². The molecular formula is C24H51O3PS. The third-order valence-corrected chi connectivity index (χ3v) is 6.59. The molecule has 0 aliphatic rings. The van der Waals surface area contributed by atoms with Gasteiger partial charge in [-0.1, -0.05) is 142 Å². The quantitative estimate of drug-likeness (QED) is 0.114. The monoisotopic (exact) mass is 450 g/mol. The van der Waals surface area contributed by atoms with Gasteiger partial charge < -0.3 is 14.3 Å². The maximum Gasteiger partial charge on any atom is 0.321 e. The van der Waals surface area contributed by atoms with Gasteiger partial charge in [0.25, 0.3) is 0 Å². The second-order valence-electron chi connectivity index (χ2n) is 8.75. The molecule has 0 aromatic heterocycles. The van der Waals surface area contributed by atoms with Gasteiger partial charge in [0, 0.05) is 0 Å². The van der Waals surface area contributed by atoms with E-state index >= 15 is 0 Å². The molecular weight excluding hydrogens is 399 g/mol. The molecule has 0 rings (SSSR count). The molecule has 3 nitrogen and oxygen atoms in total. The fourth-order valence-electron chi connectivity index (χ4n) is 3.89. The normalized spacial score (nSPS) is 12.0. The Bertz CT molecular complexity index is 360. The van der Waals surface area contributed by atoms with Crippen molar-refractivity contribution < 1.29 is 14.3 Å². The molecule has 0 radical (unpaired) electrons. The van der Waals surface area contributed by atoms with Crippen LogP contribution in [-0.2, 0) is 16.3 Å². The molecule has 0 spiro atoms. The van der Waals surface area contributed by atoms with E-state index in [0.29, 0.717) is 6.61 Å². The maximum absolute atomic E-state index is 8.95. The second kappa shape index (κ2) is 23.2. The SMILES string of the molecule is CCCCCCCCCCCCCCCCCCCCCCCCOP(O)(O)=S. The average Bonchev–Trinajstić information content (AvgIpc) is 2.67. The van der Waals surface area contributed by atoms with Gasteiger partial charge in [-0.3, -0.25) is 0 Å². The maximum atomic E-state index is 8.95. The van der Waals surface area contributed by atoms with Gasteiger partial charge in [-0.15, -0.1) is 0 Å². The van der Waals surface area contributed by atoms with E-state index in [0.717, 1.165) is 12.8 Å². The number of hydrogen-bond acceptors (Lipinski definition) is 2. The predicted molar refractivity (Wildman–Crippen MR) is 132 cm³/mol. The van der Waals surface area contributed by atoms with E-state index in [1.807, 2.05) is 0 Å². The van der Waals surface area contributed by atoms with Gasteiger partial charge in [-0.25, -0.2) is 0 Å². The Morgan fingerprint density at radius 2 is 0.724 bits per heavy atom. The van der Waals surface area contributed by atoms with Crippen molar-refractivity contribution in [1.29, 1.82) is 0 Å². The number of hydrogen-bond donors (Lipinski definition) is 2. The summed E-state index contributed by atoms with van der Waals surface area (Å²) in [7, 11) is 0. The van der Waals surface area contributed by atoms with Crippen molar-refractivity contribution >= 4 is 18.5 Å². The highest BCUT2D eigenvalue weighted by Crippen LogP contribution is 2.36. The summed E-state index contributed by atoms with van der Waals surface area (Å²) in [6.45, 7) is -0.763. The highest BCUT2D eigenvalue weighted by atomic mass is 32.5. The van der Waals surface area contributed by atoms with Gasteiger partial charge in [0.1, 0.15) is 0 Å². The Labute approximate surface area is 187 Å². The van der Waals surface area contributed by atoms with Crippen LogP contribution in [0.5, 0.6) is 0 Å². The zero-order valence-corrected chi connectivity index (χ0v) is 21.1. The topological polar surface area (TPSA) is 49.7 Å². The van der Waals surface area contributed by atoms with Gasteiger partial charge in [0.2, 0.25) is 0 Å². The molecule has 176 valence electrons. The van der Waals surface area contributed by atoms with Crippen LogP contribution >= 0.6 is 6.72 Å². The second-order valence-corrected chi connectivity index (χ2v) is 11.4. The smallest absolute Gasteiger partial charge is 0.321 e. The molecule has 5 heteroatoms. The van der Waals surface area contributed by atoms with E-state index in [1.54, 1.807) is 0 Å². The Hall–Kier alpha value is 0.530. The van der Waals surface area contributed by atoms with Crippen molar-refractivity contribution in [2.45, 2.75) is 148 Å². The summed E-state index contributed by atoms with van der Waals surface area (Å²) in [5.41, 5.74) is 0. The highest BCUT2D eigenvalue weighted by molar-refractivity contribution is 8.06. The molecule has 0 saturated carbocycles. The van der Waals surface area contributed by atoms with Crippen molar-refractivity contribution in [1.82, 2.24) is 0 Å². The third-order valence-electron chi connectivity index (χ3n) is 5.76. The standard InChI is InChI=1S/C24H51O3PS/c1-2-3-4-5-6-7-8-9-10-11-12-13-14-15-16-17-18-19-20-21-22-23-24-27-28(25,26)29/h2-24H2,1H3,(H2,25,26,29). The third kappa shape index (κ3) is 28.5. The molecule has 0 amide bonds.